The number of aliphatic hydroxyl groups excluding tert-OH is 1. The van der Waals surface area contributed by atoms with E-state index in [9.17, 15) is 20.0 Å². The Morgan fingerprint density at radius 1 is 1.08 bits per heavy atom. The lowest BCUT2D eigenvalue weighted by Crippen LogP contribution is -2.50. The second-order valence-electron chi connectivity index (χ2n) is 14.3. The van der Waals surface area contributed by atoms with E-state index in [1.807, 2.05) is 0 Å². The zero-order chi connectivity index (χ0) is 27.9. The molecule has 3 saturated carbocycles. The highest BCUT2D eigenvalue weighted by Crippen LogP contribution is 2.67. The van der Waals surface area contributed by atoms with Crippen molar-refractivity contribution in [1.82, 2.24) is 0 Å². The zero-order valence-corrected chi connectivity index (χ0v) is 24.5. The molecule has 9 atom stereocenters. The molecule has 0 saturated heterocycles. The van der Waals surface area contributed by atoms with Gasteiger partial charge in [0, 0.05) is 12.5 Å². The highest BCUT2D eigenvalue weighted by atomic mass is 16.6. The van der Waals surface area contributed by atoms with Crippen molar-refractivity contribution in [2.45, 2.75) is 111 Å². The number of nitrogens with zero attached hydrogens (tertiary/aromatic N) is 1. The van der Waals surface area contributed by atoms with Gasteiger partial charge in [-0.15, -0.1) is 0 Å². The molecule has 0 aliphatic heterocycles. The largest absolute Gasteiger partial charge is 0.393 e. The van der Waals surface area contributed by atoms with Gasteiger partial charge in [0.15, 0.2) is 5.78 Å². The quantitative estimate of drug-likeness (QED) is 0.149. The van der Waals surface area contributed by atoms with Crippen LogP contribution in [0.25, 0.3) is 0 Å². The first-order valence-corrected chi connectivity index (χ1v) is 15.7. The predicted octanol–water partition coefficient (Wildman–Crippen LogP) is 8.55. The summed E-state index contributed by atoms with van der Waals surface area (Å²) < 4.78 is 0. The first-order valence-electron chi connectivity index (χ1n) is 15.7. The minimum absolute atomic E-state index is 0.0816. The standard InChI is InChI=1S/C34H49NO4/c1-22(20-32(37)27-10-5-6-11-31(27)35(38)39)8-7-9-23(2)28-14-15-29-26-13-12-24-21-25(36)16-18-33(24,3)30(26)17-19-34(28,29)4/h5-6,10-12,22-23,25-26,28-30,36H,7-9,13-21H2,1-4H3/t22?,23-,25+,26+,28-,29+,30+,33+,34-/m1/s1. The fraction of sp³-hybridized carbons (Fsp3) is 0.735. The average Bonchev–Trinajstić information content (AvgIpc) is 3.26. The number of nitro benzene ring substituents is 1. The second kappa shape index (κ2) is 11.1. The van der Waals surface area contributed by atoms with E-state index in [2.05, 4.69) is 33.8 Å². The van der Waals surface area contributed by atoms with Crippen molar-refractivity contribution in [3.63, 3.8) is 0 Å². The maximum absolute atomic E-state index is 12.8. The third kappa shape index (κ3) is 5.25. The minimum Gasteiger partial charge on any atom is -0.393 e. The normalized spacial score (nSPS) is 37.2. The number of benzene rings is 1. The number of rotatable bonds is 9. The average molecular weight is 536 g/mol. The van der Waals surface area contributed by atoms with Crippen LogP contribution in [0.2, 0.25) is 0 Å². The van der Waals surface area contributed by atoms with Crippen LogP contribution in [0, 0.1) is 56.5 Å². The van der Waals surface area contributed by atoms with E-state index in [0.29, 0.717) is 23.2 Å². The van der Waals surface area contributed by atoms with Crippen LogP contribution >= 0.6 is 0 Å². The number of nitro groups is 1. The summed E-state index contributed by atoms with van der Waals surface area (Å²) in [4.78, 5) is 23.7. The van der Waals surface area contributed by atoms with Gasteiger partial charge in [0.2, 0.25) is 0 Å². The second-order valence-corrected chi connectivity index (χ2v) is 14.3. The van der Waals surface area contributed by atoms with E-state index in [-0.39, 0.29) is 29.1 Å². The van der Waals surface area contributed by atoms with Crippen LogP contribution in [-0.4, -0.2) is 21.9 Å². The Morgan fingerprint density at radius 2 is 1.85 bits per heavy atom. The molecule has 1 unspecified atom stereocenters. The topological polar surface area (TPSA) is 80.4 Å². The first kappa shape index (κ1) is 28.5. The summed E-state index contributed by atoms with van der Waals surface area (Å²) in [5.41, 5.74) is 2.46. The van der Waals surface area contributed by atoms with E-state index >= 15 is 0 Å². The predicted molar refractivity (Wildman–Crippen MR) is 155 cm³/mol. The van der Waals surface area contributed by atoms with Gasteiger partial charge in [-0.2, -0.15) is 0 Å². The smallest absolute Gasteiger partial charge is 0.280 e. The highest BCUT2D eigenvalue weighted by molar-refractivity contribution is 5.99. The van der Waals surface area contributed by atoms with Crippen LogP contribution < -0.4 is 0 Å². The number of allylic oxidation sites excluding steroid dienone is 1. The summed E-state index contributed by atoms with van der Waals surface area (Å²) in [6, 6.07) is 6.33. The summed E-state index contributed by atoms with van der Waals surface area (Å²) >= 11 is 0. The molecule has 0 spiro atoms. The van der Waals surface area contributed by atoms with E-state index in [1.165, 1.54) is 44.6 Å². The van der Waals surface area contributed by atoms with Crippen molar-refractivity contribution in [2.24, 2.45) is 46.3 Å². The van der Waals surface area contributed by atoms with E-state index in [1.54, 1.807) is 23.8 Å². The third-order valence-corrected chi connectivity index (χ3v) is 12.1. The van der Waals surface area contributed by atoms with Gasteiger partial charge in [-0.1, -0.05) is 70.7 Å². The Morgan fingerprint density at radius 3 is 2.62 bits per heavy atom. The number of para-hydroxylation sites is 1. The molecule has 4 aliphatic rings. The fourth-order valence-electron chi connectivity index (χ4n) is 10.0. The summed E-state index contributed by atoms with van der Waals surface area (Å²) in [7, 11) is 0. The number of hydrogen-bond donors (Lipinski definition) is 1. The molecule has 5 nitrogen and oxygen atoms in total. The van der Waals surface area contributed by atoms with Crippen molar-refractivity contribution in [2.75, 3.05) is 0 Å². The molecule has 214 valence electrons. The zero-order valence-electron chi connectivity index (χ0n) is 24.5. The lowest BCUT2D eigenvalue weighted by atomic mass is 9.47. The summed E-state index contributed by atoms with van der Waals surface area (Å²) in [6.07, 6.45) is 15.7. The molecular formula is C34H49NO4. The molecule has 1 N–H and O–H groups in total. The van der Waals surface area contributed by atoms with Crippen molar-refractivity contribution < 1.29 is 14.8 Å². The number of hydrogen-bond acceptors (Lipinski definition) is 4. The maximum atomic E-state index is 12.8. The number of fused-ring (bicyclic) bond motifs is 5. The van der Waals surface area contributed by atoms with Crippen LogP contribution in [0.3, 0.4) is 0 Å². The first-order chi connectivity index (χ1) is 18.5. The molecule has 3 fully saturated rings. The van der Waals surface area contributed by atoms with Crippen LogP contribution in [0.4, 0.5) is 5.69 Å². The molecule has 5 heteroatoms. The Balaban J connectivity index is 1.16. The summed E-state index contributed by atoms with van der Waals surface area (Å²) in [6.45, 7) is 9.71. The summed E-state index contributed by atoms with van der Waals surface area (Å²) in [5, 5.41) is 21.6. The molecule has 0 radical (unpaired) electrons. The molecule has 5 rings (SSSR count). The van der Waals surface area contributed by atoms with Gasteiger partial charge in [-0.05, 0) is 104 Å². The van der Waals surface area contributed by atoms with Crippen LogP contribution in [0.15, 0.2) is 35.9 Å². The molecule has 0 aromatic heterocycles. The molecule has 1 aromatic carbocycles. The van der Waals surface area contributed by atoms with E-state index < -0.39 is 4.92 Å². The van der Waals surface area contributed by atoms with Crippen molar-refractivity contribution in [3.8, 4) is 0 Å². The van der Waals surface area contributed by atoms with E-state index in [4.69, 9.17) is 0 Å². The van der Waals surface area contributed by atoms with Gasteiger partial charge in [0.05, 0.1) is 16.6 Å². The number of Topliss-reactive ketones (excluding diaryl/α,β-unsaturated/α-hetero) is 1. The van der Waals surface area contributed by atoms with Crippen molar-refractivity contribution in [1.29, 1.82) is 0 Å². The number of aliphatic hydroxyl groups is 1. The molecule has 0 amide bonds. The highest BCUT2D eigenvalue weighted by Gasteiger charge is 2.59. The van der Waals surface area contributed by atoms with Gasteiger partial charge in [-0.25, -0.2) is 0 Å². The van der Waals surface area contributed by atoms with Gasteiger partial charge in [0.1, 0.15) is 0 Å². The SMILES string of the molecule is CC(CCC[C@@H](C)[C@H]1CC[C@H]2[C@@H]3CC=C4C[C@@H](O)CC[C@]4(C)[C@H]3CC[C@]12C)CC(=O)c1ccccc1[N+](=O)[O-]. The van der Waals surface area contributed by atoms with Gasteiger partial charge < -0.3 is 5.11 Å². The summed E-state index contributed by atoms with van der Waals surface area (Å²) in [5.74, 6) is 3.99. The number of carbonyl (C=O) groups excluding carboxylic acids is 1. The van der Waals surface area contributed by atoms with Crippen molar-refractivity contribution in [3.05, 3.63) is 51.6 Å². The number of ketones is 1. The molecule has 1 aromatic rings. The van der Waals surface area contributed by atoms with Crippen LogP contribution in [0.5, 0.6) is 0 Å². The Bertz CT molecular complexity index is 1110. The molecule has 4 aliphatic carbocycles. The fourth-order valence-corrected chi connectivity index (χ4v) is 10.0. The Hall–Kier alpha value is -2.01. The lowest BCUT2D eigenvalue weighted by molar-refractivity contribution is -0.385. The monoisotopic (exact) mass is 535 g/mol. The Kier molecular flexibility index (Phi) is 8.12. The van der Waals surface area contributed by atoms with Crippen LogP contribution in [0.1, 0.15) is 115 Å². The minimum atomic E-state index is -0.453. The van der Waals surface area contributed by atoms with Crippen LogP contribution in [-0.2, 0) is 0 Å². The lowest BCUT2D eigenvalue weighted by Gasteiger charge is -2.58. The van der Waals surface area contributed by atoms with Crippen molar-refractivity contribution >= 4 is 11.5 Å². The molecule has 39 heavy (non-hydrogen) atoms. The third-order valence-electron chi connectivity index (χ3n) is 12.1. The molecule has 0 bridgehead atoms. The molecule has 0 heterocycles. The van der Waals surface area contributed by atoms with E-state index in [0.717, 1.165) is 55.8 Å². The van der Waals surface area contributed by atoms with Gasteiger partial charge in [0.25, 0.3) is 5.69 Å². The van der Waals surface area contributed by atoms with Gasteiger partial charge >= 0.3 is 0 Å². The Labute approximate surface area is 235 Å². The van der Waals surface area contributed by atoms with Gasteiger partial charge in [-0.3, -0.25) is 14.9 Å². The maximum Gasteiger partial charge on any atom is 0.280 e. The number of carbonyl (C=O) groups is 1. The molecular weight excluding hydrogens is 486 g/mol.